The van der Waals surface area contributed by atoms with Gasteiger partial charge in [0.1, 0.15) is 0 Å². The third-order valence-electron chi connectivity index (χ3n) is 2.40. The number of fused-ring (bicyclic) bond motifs is 1. The van der Waals surface area contributed by atoms with Gasteiger partial charge >= 0.3 is 0 Å². The van der Waals surface area contributed by atoms with Crippen LogP contribution in [0.3, 0.4) is 0 Å². The monoisotopic (exact) mass is 264 g/mol. The molecule has 0 atom stereocenters. The second kappa shape index (κ2) is 3.98. The lowest BCUT2D eigenvalue weighted by atomic mass is 10.2. The Morgan fingerprint density at radius 2 is 1.88 bits per heavy atom. The third-order valence-corrected chi connectivity index (χ3v) is 2.99. The maximum atomic E-state index is 6.13. The molecule has 0 amide bonds. The molecule has 0 N–H and O–H groups in total. The van der Waals surface area contributed by atoms with E-state index in [1.54, 1.807) is 22.9 Å². The van der Waals surface area contributed by atoms with E-state index in [1.807, 2.05) is 18.2 Å². The summed E-state index contributed by atoms with van der Waals surface area (Å²) in [7, 11) is 0. The van der Waals surface area contributed by atoms with Crippen molar-refractivity contribution < 1.29 is 0 Å². The zero-order valence-corrected chi connectivity index (χ0v) is 10.0. The Morgan fingerprint density at radius 1 is 1.06 bits per heavy atom. The molecule has 2 aromatic heterocycles. The van der Waals surface area contributed by atoms with Crippen LogP contribution in [0.1, 0.15) is 0 Å². The number of hydrogen-bond acceptors (Lipinski definition) is 3. The summed E-state index contributed by atoms with van der Waals surface area (Å²) in [6.07, 6.45) is 3.35. The van der Waals surface area contributed by atoms with Gasteiger partial charge in [0.2, 0.25) is 0 Å². The van der Waals surface area contributed by atoms with E-state index in [-0.39, 0.29) is 0 Å². The third kappa shape index (κ3) is 1.66. The van der Waals surface area contributed by atoms with Crippen LogP contribution in [0.25, 0.3) is 17.0 Å². The molecular formula is C11H6Cl2N4. The summed E-state index contributed by atoms with van der Waals surface area (Å²) in [4.78, 5) is 3.95. The highest BCUT2D eigenvalue weighted by Gasteiger charge is 2.12. The van der Waals surface area contributed by atoms with Crippen LogP contribution in [0.15, 0.2) is 36.7 Å². The topological polar surface area (TPSA) is 43.1 Å². The minimum Gasteiger partial charge on any atom is -0.278 e. The van der Waals surface area contributed by atoms with E-state index in [4.69, 9.17) is 23.2 Å². The molecule has 0 spiro atoms. The van der Waals surface area contributed by atoms with E-state index in [0.717, 1.165) is 5.56 Å². The van der Waals surface area contributed by atoms with Crippen LogP contribution in [0.2, 0.25) is 10.2 Å². The average molecular weight is 265 g/mol. The highest BCUT2D eigenvalue weighted by atomic mass is 35.5. The van der Waals surface area contributed by atoms with Crippen molar-refractivity contribution in [3.05, 3.63) is 46.8 Å². The largest absolute Gasteiger partial charge is 0.278 e. The van der Waals surface area contributed by atoms with E-state index < -0.39 is 0 Å². The SMILES string of the molecule is Clc1ccccc1-c1nnc2c(Cl)nccn12. The van der Waals surface area contributed by atoms with Gasteiger partial charge in [-0.15, -0.1) is 10.2 Å². The lowest BCUT2D eigenvalue weighted by Gasteiger charge is -2.01. The first-order valence-corrected chi connectivity index (χ1v) is 5.63. The second-order valence-electron chi connectivity index (χ2n) is 3.42. The molecule has 4 nitrogen and oxygen atoms in total. The van der Waals surface area contributed by atoms with E-state index in [2.05, 4.69) is 15.2 Å². The fourth-order valence-corrected chi connectivity index (χ4v) is 2.03. The molecular weight excluding hydrogens is 259 g/mol. The maximum absolute atomic E-state index is 6.13. The van der Waals surface area contributed by atoms with Gasteiger partial charge in [0.15, 0.2) is 16.6 Å². The van der Waals surface area contributed by atoms with Gasteiger partial charge in [-0.3, -0.25) is 4.40 Å². The zero-order chi connectivity index (χ0) is 11.8. The van der Waals surface area contributed by atoms with Gasteiger partial charge in [0, 0.05) is 18.0 Å². The Bertz CT molecular complexity index is 693. The van der Waals surface area contributed by atoms with Crippen molar-refractivity contribution in [2.75, 3.05) is 0 Å². The molecule has 6 heteroatoms. The molecule has 3 rings (SSSR count). The summed E-state index contributed by atoms with van der Waals surface area (Å²) < 4.78 is 1.76. The molecule has 3 aromatic rings. The zero-order valence-electron chi connectivity index (χ0n) is 8.51. The van der Waals surface area contributed by atoms with Gasteiger partial charge in [-0.2, -0.15) is 0 Å². The number of rotatable bonds is 1. The number of nitrogens with zero attached hydrogens (tertiary/aromatic N) is 4. The van der Waals surface area contributed by atoms with Crippen molar-refractivity contribution in [2.45, 2.75) is 0 Å². The highest BCUT2D eigenvalue weighted by molar-refractivity contribution is 6.33. The molecule has 0 bridgehead atoms. The predicted molar refractivity (Wildman–Crippen MR) is 66.2 cm³/mol. The van der Waals surface area contributed by atoms with Crippen LogP contribution in [0.5, 0.6) is 0 Å². The maximum Gasteiger partial charge on any atom is 0.198 e. The molecule has 0 aliphatic carbocycles. The first kappa shape index (κ1) is 10.5. The summed E-state index contributed by atoms with van der Waals surface area (Å²) in [5.41, 5.74) is 1.33. The van der Waals surface area contributed by atoms with Crippen molar-refractivity contribution in [1.29, 1.82) is 0 Å². The highest BCUT2D eigenvalue weighted by Crippen LogP contribution is 2.27. The van der Waals surface area contributed by atoms with Gasteiger partial charge in [-0.25, -0.2) is 4.98 Å². The van der Waals surface area contributed by atoms with Crippen molar-refractivity contribution in [3.63, 3.8) is 0 Å². The van der Waals surface area contributed by atoms with Gasteiger partial charge in [-0.05, 0) is 12.1 Å². The molecule has 1 aromatic carbocycles. The molecule has 0 saturated heterocycles. The van der Waals surface area contributed by atoms with E-state index in [1.165, 1.54) is 0 Å². The smallest absolute Gasteiger partial charge is 0.198 e. The van der Waals surface area contributed by atoms with Crippen molar-refractivity contribution >= 4 is 28.8 Å². The molecule has 0 unspecified atom stereocenters. The van der Waals surface area contributed by atoms with Crippen LogP contribution in [0.4, 0.5) is 0 Å². The molecule has 2 heterocycles. The molecule has 17 heavy (non-hydrogen) atoms. The Morgan fingerprint density at radius 3 is 2.71 bits per heavy atom. The van der Waals surface area contributed by atoms with Crippen LogP contribution in [-0.2, 0) is 0 Å². The Hall–Kier alpha value is -1.65. The van der Waals surface area contributed by atoms with Crippen molar-refractivity contribution in [3.8, 4) is 11.4 Å². The summed E-state index contributed by atoms with van der Waals surface area (Å²) in [6.45, 7) is 0. The van der Waals surface area contributed by atoms with Gasteiger partial charge in [0.25, 0.3) is 0 Å². The van der Waals surface area contributed by atoms with Gasteiger partial charge in [0.05, 0.1) is 5.02 Å². The molecule has 0 saturated carbocycles. The first-order valence-electron chi connectivity index (χ1n) is 4.87. The van der Waals surface area contributed by atoms with Crippen LogP contribution < -0.4 is 0 Å². The van der Waals surface area contributed by atoms with Gasteiger partial charge < -0.3 is 0 Å². The van der Waals surface area contributed by atoms with E-state index >= 15 is 0 Å². The van der Waals surface area contributed by atoms with E-state index in [0.29, 0.717) is 21.6 Å². The predicted octanol–water partition coefficient (Wildman–Crippen LogP) is 3.10. The summed E-state index contributed by atoms with van der Waals surface area (Å²) in [5.74, 6) is 0.648. The Balaban J connectivity index is 2.33. The van der Waals surface area contributed by atoms with Crippen molar-refractivity contribution in [2.24, 2.45) is 0 Å². The average Bonchev–Trinajstić information content (AvgIpc) is 2.75. The number of aromatic nitrogens is 4. The lowest BCUT2D eigenvalue weighted by molar-refractivity contribution is 1.11. The van der Waals surface area contributed by atoms with Crippen LogP contribution in [0, 0.1) is 0 Å². The summed E-state index contributed by atoms with van der Waals surface area (Å²) in [6, 6.07) is 7.45. The Labute approximate surface area is 107 Å². The standard InChI is InChI=1S/C11H6Cl2N4/c12-8-4-2-1-3-7(8)10-15-16-11-9(13)14-5-6-17(10)11/h1-6H. The molecule has 84 valence electrons. The minimum absolute atomic E-state index is 0.318. The fourth-order valence-electron chi connectivity index (χ4n) is 1.62. The van der Waals surface area contributed by atoms with Crippen molar-refractivity contribution in [1.82, 2.24) is 19.6 Å². The Kier molecular flexibility index (Phi) is 2.46. The summed E-state index contributed by atoms with van der Waals surface area (Å²) in [5, 5.41) is 9.02. The number of benzene rings is 1. The number of halogens is 2. The molecule has 0 aliphatic heterocycles. The van der Waals surface area contributed by atoms with Crippen LogP contribution >= 0.6 is 23.2 Å². The lowest BCUT2D eigenvalue weighted by Crippen LogP contribution is -1.91. The summed E-state index contributed by atoms with van der Waals surface area (Å²) >= 11 is 12.1. The van der Waals surface area contributed by atoms with E-state index in [9.17, 15) is 0 Å². The second-order valence-corrected chi connectivity index (χ2v) is 4.18. The normalized spacial score (nSPS) is 10.9. The van der Waals surface area contributed by atoms with Gasteiger partial charge in [-0.1, -0.05) is 35.3 Å². The minimum atomic E-state index is 0.318. The molecule has 0 aliphatic rings. The molecule has 0 fully saturated rings. The van der Waals surface area contributed by atoms with Crippen LogP contribution in [-0.4, -0.2) is 19.6 Å². The quantitative estimate of drug-likeness (QED) is 0.679. The first-order chi connectivity index (χ1) is 8.27. The molecule has 0 radical (unpaired) electrons. The number of hydrogen-bond donors (Lipinski definition) is 0. The fraction of sp³-hybridized carbons (Fsp3) is 0.